The summed E-state index contributed by atoms with van der Waals surface area (Å²) in [5.74, 6) is -2.65. The van der Waals surface area contributed by atoms with Crippen LogP contribution in [0.2, 0.25) is 0 Å². The molecule has 1 fully saturated rings. The van der Waals surface area contributed by atoms with Crippen LogP contribution in [0.15, 0.2) is 16.6 Å². The molecule has 1 aromatic rings. The first-order valence-electron chi connectivity index (χ1n) is 4.45. The summed E-state index contributed by atoms with van der Waals surface area (Å²) in [5, 5.41) is 0. The van der Waals surface area contributed by atoms with Crippen molar-refractivity contribution in [3.63, 3.8) is 0 Å². The van der Waals surface area contributed by atoms with Gasteiger partial charge in [0.2, 0.25) is 5.91 Å². The number of rotatable bonds is 1. The molecular formula is C10H6BrF2NO2. The zero-order valence-corrected chi connectivity index (χ0v) is 9.55. The van der Waals surface area contributed by atoms with Gasteiger partial charge in [-0.05, 0) is 12.1 Å². The lowest BCUT2D eigenvalue weighted by molar-refractivity contribution is -0.121. The second-order valence-corrected chi connectivity index (χ2v) is 4.33. The number of hydrogen-bond donors (Lipinski definition) is 0. The molecular weight excluding hydrogens is 284 g/mol. The predicted molar refractivity (Wildman–Crippen MR) is 56.0 cm³/mol. The van der Waals surface area contributed by atoms with Gasteiger partial charge in [-0.2, -0.15) is 0 Å². The highest BCUT2D eigenvalue weighted by Gasteiger charge is 2.32. The number of carbonyl (C=O) groups is 2. The summed E-state index contributed by atoms with van der Waals surface area (Å²) in [5.41, 5.74) is -0.459. The largest absolute Gasteiger partial charge is 0.299 e. The van der Waals surface area contributed by atoms with Gasteiger partial charge in [0, 0.05) is 4.47 Å². The maximum Gasteiger partial charge on any atom is 0.235 e. The van der Waals surface area contributed by atoms with E-state index in [9.17, 15) is 18.4 Å². The molecule has 0 atom stereocenters. The predicted octanol–water partition coefficient (Wildman–Crippen LogP) is 2.03. The van der Waals surface area contributed by atoms with Gasteiger partial charge in [0.15, 0.2) is 17.4 Å². The van der Waals surface area contributed by atoms with Crippen LogP contribution in [0.25, 0.3) is 0 Å². The lowest BCUT2D eigenvalue weighted by atomic mass is 10.2. The Morgan fingerprint density at radius 1 is 1.19 bits per heavy atom. The highest BCUT2D eigenvalue weighted by atomic mass is 79.9. The number of carbonyl (C=O) groups excluding carboxylic acids is 2. The number of amides is 1. The number of nitrogens with zero attached hydrogens (tertiary/aromatic N) is 1. The zero-order chi connectivity index (χ0) is 11.9. The number of hydrogen-bond acceptors (Lipinski definition) is 2. The minimum absolute atomic E-state index is 0.240. The van der Waals surface area contributed by atoms with Crippen molar-refractivity contribution in [3.05, 3.63) is 28.2 Å². The number of anilines is 1. The molecule has 1 amide bonds. The van der Waals surface area contributed by atoms with Crippen molar-refractivity contribution in [3.8, 4) is 0 Å². The molecule has 0 unspecified atom stereocenters. The molecule has 0 radical (unpaired) electrons. The quantitative estimate of drug-likeness (QED) is 0.742. The van der Waals surface area contributed by atoms with E-state index in [1.54, 1.807) is 0 Å². The van der Waals surface area contributed by atoms with Crippen LogP contribution in [0, 0.1) is 11.6 Å². The monoisotopic (exact) mass is 289 g/mol. The first kappa shape index (κ1) is 11.2. The number of benzene rings is 1. The van der Waals surface area contributed by atoms with E-state index in [1.165, 1.54) is 0 Å². The van der Waals surface area contributed by atoms with Crippen molar-refractivity contribution in [2.75, 3.05) is 11.4 Å². The molecule has 16 heavy (non-hydrogen) atoms. The summed E-state index contributed by atoms with van der Waals surface area (Å²) in [6.07, 6.45) is -0.297. The Morgan fingerprint density at radius 3 is 2.19 bits per heavy atom. The average molecular weight is 290 g/mol. The standard InChI is InChI=1S/C10H6BrF2NO2/c11-5-1-7(12)10(8(13)2-5)14-4-6(15)3-9(14)16/h1-2H,3-4H2. The summed E-state index contributed by atoms with van der Waals surface area (Å²) >= 11 is 2.93. The van der Waals surface area contributed by atoms with Gasteiger partial charge in [-0.25, -0.2) is 8.78 Å². The maximum atomic E-state index is 13.5. The molecule has 0 aliphatic carbocycles. The summed E-state index contributed by atoms with van der Waals surface area (Å²) in [6, 6.07) is 2.10. The summed E-state index contributed by atoms with van der Waals surface area (Å²) in [4.78, 5) is 23.2. The van der Waals surface area contributed by atoms with E-state index in [4.69, 9.17) is 0 Å². The lowest BCUT2D eigenvalue weighted by Crippen LogP contribution is -2.26. The molecule has 0 N–H and O–H groups in total. The van der Waals surface area contributed by atoms with Crippen molar-refractivity contribution in [1.29, 1.82) is 0 Å². The van der Waals surface area contributed by atoms with Crippen molar-refractivity contribution < 1.29 is 18.4 Å². The van der Waals surface area contributed by atoms with Gasteiger partial charge in [0.05, 0.1) is 13.0 Å². The molecule has 1 saturated heterocycles. The van der Waals surface area contributed by atoms with Gasteiger partial charge in [-0.1, -0.05) is 15.9 Å². The van der Waals surface area contributed by atoms with Crippen LogP contribution >= 0.6 is 15.9 Å². The van der Waals surface area contributed by atoms with Gasteiger partial charge in [-0.3, -0.25) is 14.5 Å². The first-order chi connectivity index (χ1) is 7.49. The van der Waals surface area contributed by atoms with Crippen molar-refractivity contribution in [2.45, 2.75) is 6.42 Å². The van der Waals surface area contributed by atoms with Gasteiger partial charge in [0.25, 0.3) is 0 Å². The smallest absolute Gasteiger partial charge is 0.235 e. The van der Waals surface area contributed by atoms with E-state index in [1.807, 2.05) is 0 Å². The van der Waals surface area contributed by atoms with Gasteiger partial charge in [0.1, 0.15) is 5.69 Å². The molecule has 0 saturated carbocycles. The van der Waals surface area contributed by atoms with Crippen LogP contribution in [-0.4, -0.2) is 18.2 Å². The Balaban J connectivity index is 2.48. The first-order valence-corrected chi connectivity index (χ1v) is 5.25. The van der Waals surface area contributed by atoms with Crippen LogP contribution in [0.4, 0.5) is 14.5 Å². The van der Waals surface area contributed by atoms with Crippen molar-refractivity contribution in [2.24, 2.45) is 0 Å². The summed E-state index contributed by atoms with van der Waals surface area (Å²) in [6.45, 7) is -0.270. The maximum absolute atomic E-state index is 13.5. The van der Waals surface area contributed by atoms with Crippen LogP contribution < -0.4 is 4.90 Å². The minimum atomic E-state index is -0.866. The third kappa shape index (κ3) is 1.84. The molecule has 1 aliphatic heterocycles. The molecule has 2 rings (SSSR count). The molecule has 1 aromatic carbocycles. The number of Topliss-reactive ketones (excluding diaryl/α,β-unsaturated/α-hetero) is 1. The fourth-order valence-electron chi connectivity index (χ4n) is 1.58. The van der Waals surface area contributed by atoms with Crippen molar-refractivity contribution in [1.82, 2.24) is 0 Å². The minimum Gasteiger partial charge on any atom is -0.299 e. The van der Waals surface area contributed by atoms with E-state index in [0.717, 1.165) is 17.0 Å². The Bertz CT molecular complexity index is 467. The van der Waals surface area contributed by atoms with Gasteiger partial charge in [-0.15, -0.1) is 0 Å². The lowest BCUT2D eigenvalue weighted by Gasteiger charge is -2.16. The Hall–Kier alpha value is -1.30. The normalized spacial score (nSPS) is 16.1. The molecule has 0 bridgehead atoms. The zero-order valence-electron chi connectivity index (χ0n) is 7.97. The molecule has 84 valence electrons. The molecule has 0 aromatic heterocycles. The third-order valence-electron chi connectivity index (χ3n) is 2.24. The van der Waals surface area contributed by atoms with Crippen LogP contribution in [0.5, 0.6) is 0 Å². The van der Waals surface area contributed by atoms with E-state index in [-0.39, 0.29) is 23.2 Å². The van der Waals surface area contributed by atoms with Gasteiger partial charge >= 0.3 is 0 Å². The third-order valence-corrected chi connectivity index (χ3v) is 2.69. The highest BCUT2D eigenvalue weighted by Crippen LogP contribution is 2.29. The molecule has 6 heteroatoms. The topological polar surface area (TPSA) is 37.4 Å². The van der Waals surface area contributed by atoms with E-state index < -0.39 is 23.2 Å². The van der Waals surface area contributed by atoms with Crippen LogP contribution in [0.3, 0.4) is 0 Å². The fourth-order valence-corrected chi connectivity index (χ4v) is 1.98. The van der Waals surface area contributed by atoms with Crippen LogP contribution in [0.1, 0.15) is 6.42 Å². The molecule has 1 aliphatic rings. The van der Waals surface area contributed by atoms with E-state index in [2.05, 4.69) is 15.9 Å². The average Bonchev–Trinajstić information content (AvgIpc) is 2.43. The number of ketones is 1. The summed E-state index contributed by atoms with van der Waals surface area (Å²) < 4.78 is 27.2. The molecule has 1 heterocycles. The Labute approximate surface area is 98.2 Å². The molecule has 0 spiro atoms. The second kappa shape index (κ2) is 3.93. The van der Waals surface area contributed by atoms with Gasteiger partial charge < -0.3 is 0 Å². The molecule has 3 nitrogen and oxygen atoms in total. The van der Waals surface area contributed by atoms with Crippen LogP contribution in [-0.2, 0) is 9.59 Å². The van der Waals surface area contributed by atoms with E-state index >= 15 is 0 Å². The van der Waals surface area contributed by atoms with Crippen molar-refractivity contribution >= 4 is 33.3 Å². The summed E-state index contributed by atoms with van der Waals surface area (Å²) in [7, 11) is 0. The Morgan fingerprint density at radius 2 is 1.75 bits per heavy atom. The Kier molecular flexibility index (Phi) is 2.75. The number of halogens is 3. The highest BCUT2D eigenvalue weighted by molar-refractivity contribution is 9.10. The SMILES string of the molecule is O=C1CC(=O)N(c2c(F)cc(Br)cc2F)C1. The fraction of sp³-hybridized carbons (Fsp3) is 0.200. The van der Waals surface area contributed by atoms with E-state index in [0.29, 0.717) is 0 Å². The second-order valence-electron chi connectivity index (χ2n) is 3.41.